The van der Waals surface area contributed by atoms with E-state index in [2.05, 4.69) is 5.10 Å². The molecule has 0 spiro atoms. The van der Waals surface area contributed by atoms with Crippen LogP contribution in [0, 0.1) is 0 Å². The van der Waals surface area contributed by atoms with Crippen LogP contribution in [-0.2, 0) is 18.3 Å². The molecule has 1 atom stereocenters. The third-order valence-electron chi connectivity index (χ3n) is 3.32. The van der Waals surface area contributed by atoms with Crippen molar-refractivity contribution < 1.29 is 17.9 Å². The summed E-state index contributed by atoms with van der Waals surface area (Å²) in [5.74, 6) is 0. The van der Waals surface area contributed by atoms with Gasteiger partial charge in [-0.15, -0.1) is 0 Å². The molecule has 19 heavy (non-hydrogen) atoms. The van der Waals surface area contributed by atoms with Crippen LogP contribution in [0.25, 0.3) is 0 Å². The first-order valence-electron chi connectivity index (χ1n) is 6.14. The molecule has 4 nitrogen and oxygen atoms in total. The van der Waals surface area contributed by atoms with Crippen LogP contribution in [0.15, 0.2) is 6.20 Å². The van der Waals surface area contributed by atoms with E-state index in [0.717, 1.165) is 0 Å². The Balaban J connectivity index is 2.03. The molecule has 0 amide bonds. The number of hydrogen-bond donors (Lipinski definition) is 0. The second-order valence-electron chi connectivity index (χ2n) is 5.06. The van der Waals surface area contributed by atoms with E-state index in [0.29, 0.717) is 25.1 Å². The maximum atomic E-state index is 14.2. The number of hydrogen-bond acceptors (Lipinski definition) is 3. The lowest BCUT2D eigenvalue weighted by molar-refractivity contribution is 0.0466. The van der Waals surface area contributed by atoms with Crippen LogP contribution in [-0.4, -0.2) is 47.2 Å². The van der Waals surface area contributed by atoms with E-state index in [-0.39, 0.29) is 18.8 Å². The van der Waals surface area contributed by atoms with Gasteiger partial charge in [-0.3, -0.25) is 9.58 Å². The minimum absolute atomic E-state index is 0.0399. The average Bonchev–Trinajstić information content (AvgIpc) is 2.84. The highest BCUT2D eigenvalue weighted by Crippen LogP contribution is 2.29. The summed E-state index contributed by atoms with van der Waals surface area (Å²) >= 11 is 0. The molecule has 7 heteroatoms. The second kappa shape index (κ2) is 5.50. The fraction of sp³-hybridized carbons (Fsp3) is 0.750. The van der Waals surface area contributed by atoms with Gasteiger partial charge in [-0.1, -0.05) is 0 Å². The molecule has 1 aromatic rings. The Morgan fingerprint density at radius 1 is 1.53 bits per heavy atom. The van der Waals surface area contributed by atoms with Crippen LogP contribution in [0.1, 0.15) is 24.1 Å². The van der Waals surface area contributed by atoms with E-state index in [4.69, 9.17) is 4.74 Å². The molecule has 0 radical (unpaired) electrons. The average molecular weight is 277 g/mol. The van der Waals surface area contributed by atoms with Gasteiger partial charge in [0, 0.05) is 45.6 Å². The molecule has 0 aliphatic carbocycles. The van der Waals surface area contributed by atoms with Crippen molar-refractivity contribution in [1.82, 2.24) is 14.7 Å². The summed E-state index contributed by atoms with van der Waals surface area (Å²) in [5, 5.41) is 3.75. The highest BCUT2D eigenvalue weighted by Gasteiger charge is 2.38. The van der Waals surface area contributed by atoms with Gasteiger partial charge in [0.2, 0.25) is 0 Å². The summed E-state index contributed by atoms with van der Waals surface area (Å²) in [5.41, 5.74) is -1.13. The van der Waals surface area contributed by atoms with Crippen LogP contribution >= 0.6 is 0 Å². The van der Waals surface area contributed by atoms with Crippen LogP contribution in [0.2, 0.25) is 0 Å². The Hall–Kier alpha value is -1.08. The molecule has 2 rings (SSSR count). The maximum absolute atomic E-state index is 14.2. The molecule has 1 aromatic heterocycles. The van der Waals surface area contributed by atoms with Gasteiger partial charge in [0.1, 0.15) is 11.4 Å². The third kappa shape index (κ3) is 3.27. The standard InChI is InChI=1S/C12H18F3N3O/c1-17-5-9(10(16-17)11(13)14)6-18-4-3-12(15,7-18)8-19-2/h5,11H,3-4,6-8H2,1-2H3. The molecule has 2 heterocycles. The van der Waals surface area contributed by atoms with Crippen LogP contribution in [0.5, 0.6) is 0 Å². The molecule has 1 aliphatic heterocycles. The van der Waals surface area contributed by atoms with E-state index in [1.807, 2.05) is 4.90 Å². The lowest BCUT2D eigenvalue weighted by Crippen LogP contribution is -2.33. The predicted octanol–water partition coefficient (Wildman–Crippen LogP) is 1.92. The fourth-order valence-electron chi connectivity index (χ4n) is 2.53. The van der Waals surface area contributed by atoms with Crippen molar-refractivity contribution in [3.8, 4) is 0 Å². The lowest BCUT2D eigenvalue weighted by atomic mass is 10.1. The molecule has 1 fully saturated rings. The first kappa shape index (κ1) is 14.3. The summed E-state index contributed by atoms with van der Waals surface area (Å²) in [6.07, 6.45) is -0.672. The number of alkyl halides is 3. The Morgan fingerprint density at radius 2 is 2.26 bits per heavy atom. The minimum atomic E-state index is -2.60. The molecule has 108 valence electrons. The Bertz CT molecular complexity index is 438. The second-order valence-corrected chi connectivity index (χ2v) is 5.06. The maximum Gasteiger partial charge on any atom is 0.282 e. The monoisotopic (exact) mass is 277 g/mol. The van der Waals surface area contributed by atoms with Gasteiger partial charge < -0.3 is 4.74 Å². The van der Waals surface area contributed by atoms with Gasteiger partial charge >= 0.3 is 0 Å². The minimum Gasteiger partial charge on any atom is -0.381 e. The van der Waals surface area contributed by atoms with Crippen molar-refractivity contribution in [1.29, 1.82) is 0 Å². The summed E-state index contributed by atoms with van der Waals surface area (Å²) in [6.45, 7) is 1.08. The number of aromatic nitrogens is 2. The third-order valence-corrected chi connectivity index (χ3v) is 3.32. The molecule has 1 saturated heterocycles. The summed E-state index contributed by atoms with van der Waals surface area (Å²) in [6, 6.07) is 0. The van der Waals surface area contributed by atoms with Crippen molar-refractivity contribution in [3.63, 3.8) is 0 Å². The van der Waals surface area contributed by atoms with Crippen LogP contribution < -0.4 is 0 Å². The molecule has 0 aromatic carbocycles. The highest BCUT2D eigenvalue weighted by atomic mass is 19.3. The van der Waals surface area contributed by atoms with Crippen molar-refractivity contribution in [2.24, 2.45) is 7.05 Å². The number of nitrogens with zero attached hydrogens (tertiary/aromatic N) is 3. The molecule has 1 aliphatic rings. The first-order chi connectivity index (χ1) is 8.93. The van der Waals surface area contributed by atoms with E-state index in [9.17, 15) is 13.2 Å². The van der Waals surface area contributed by atoms with E-state index >= 15 is 0 Å². The number of aryl methyl sites for hydroxylation is 1. The van der Waals surface area contributed by atoms with E-state index in [1.54, 1.807) is 13.2 Å². The largest absolute Gasteiger partial charge is 0.381 e. The van der Waals surface area contributed by atoms with Crippen molar-refractivity contribution in [2.45, 2.75) is 25.1 Å². The Labute approximate surface area is 110 Å². The van der Waals surface area contributed by atoms with Gasteiger partial charge in [-0.05, 0) is 6.42 Å². The summed E-state index contributed by atoms with van der Waals surface area (Å²) in [7, 11) is 3.06. The van der Waals surface area contributed by atoms with Crippen LogP contribution in [0.3, 0.4) is 0 Å². The molecule has 0 N–H and O–H groups in total. The summed E-state index contributed by atoms with van der Waals surface area (Å²) in [4.78, 5) is 1.82. The van der Waals surface area contributed by atoms with Gasteiger partial charge in [0.25, 0.3) is 6.43 Å². The number of likely N-dealkylation sites (tertiary alicyclic amines) is 1. The smallest absolute Gasteiger partial charge is 0.282 e. The van der Waals surface area contributed by atoms with Crippen molar-refractivity contribution in [2.75, 3.05) is 26.8 Å². The molecule has 0 saturated carbocycles. The first-order valence-corrected chi connectivity index (χ1v) is 6.14. The summed E-state index contributed by atoms with van der Waals surface area (Å²) < 4.78 is 46.0. The molecule has 1 unspecified atom stereocenters. The predicted molar refractivity (Wildman–Crippen MR) is 63.8 cm³/mol. The van der Waals surface area contributed by atoms with Gasteiger partial charge in [0.05, 0.1) is 6.61 Å². The number of halogens is 3. The lowest BCUT2D eigenvalue weighted by Gasteiger charge is -2.19. The topological polar surface area (TPSA) is 30.3 Å². The highest BCUT2D eigenvalue weighted by molar-refractivity contribution is 5.18. The van der Waals surface area contributed by atoms with Gasteiger partial charge in [0.15, 0.2) is 0 Å². The fourth-order valence-corrected chi connectivity index (χ4v) is 2.53. The Kier molecular flexibility index (Phi) is 4.15. The molecular formula is C12H18F3N3O. The van der Waals surface area contributed by atoms with E-state index < -0.39 is 12.1 Å². The van der Waals surface area contributed by atoms with Crippen molar-refractivity contribution in [3.05, 3.63) is 17.5 Å². The number of rotatable bonds is 5. The molecular weight excluding hydrogens is 259 g/mol. The van der Waals surface area contributed by atoms with Gasteiger partial charge in [-0.2, -0.15) is 5.10 Å². The quantitative estimate of drug-likeness (QED) is 0.823. The molecule has 0 bridgehead atoms. The zero-order valence-electron chi connectivity index (χ0n) is 11.1. The van der Waals surface area contributed by atoms with E-state index in [1.165, 1.54) is 11.8 Å². The SMILES string of the molecule is COCC1(F)CCN(Cc2cn(C)nc2C(F)F)C1. The number of ether oxygens (including phenoxy) is 1. The zero-order chi connectivity index (χ0) is 14.0. The van der Waals surface area contributed by atoms with Gasteiger partial charge in [-0.25, -0.2) is 13.2 Å². The normalized spacial score (nSPS) is 24.5. The van der Waals surface area contributed by atoms with Crippen molar-refractivity contribution >= 4 is 0 Å². The number of methoxy groups -OCH3 is 1. The zero-order valence-corrected chi connectivity index (χ0v) is 11.1. The van der Waals surface area contributed by atoms with Crippen LogP contribution in [0.4, 0.5) is 13.2 Å². The Morgan fingerprint density at radius 3 is 2.89 bits per heavy atom.